The third-order valence-electron chi connectivity index (χ3n) is 2.45. The van der Waals surface area contributed by atoms with Crippen molar-refractivity contribution in [1.29, 1.82) is 0 Å². The minimum absolute atomic E-state index is 0.193. The molecule has 2 heteroatoms. The van der Waals surface area contributed by atoms with Gasteiger partial charge in [-0.1, -0.05) is 50.1 Å². The smallest absolute Gasteiger partial charge is 0.194 e. The zero-order valence-electron chi connectivity index (χ0n) is 9.82. The van der Waals surface area contributed by atoms with Crippen LogP contribution in [0.25, 0.3) is 0 Å². The lowest BCUT2D eigenvalue weighted by Gasteiger charge is -2.18. The van der Waals surface area contributed by atoms with Crippen molar-refractivity contribution in [3.63, 3.8) is 0 Å². The van der Waals surface area contributed by atoms with E-state index in [4.69, 9.17) is 0 Å². The Kier molecular flexibility index (Phi) is 3.94. The third kappa shape index (κ3) is 2.16. The molecule has 0 unspecified atom stereocenters. The molecule has 0 aromatic rings. The standard InChI is InChI=1S/C15H14O2/c1-5-8-12-10(4)14(16)11(7-3)13(9-6-2)15(12)17/h5-9H,1,3-4H2,2H3/b9-6-,12-8+. The number of rotatable bonds is 3. The minimum Gasteiger partial charge on any atom is -0.289 e. The summed E-state index contributed by atoms with van der Waals surface area (Å²) in [7, 11) is 0. The monoisotopic (exact) mass is 226 g/mol. The summed E-state index contributed by atoms with van der Waals surface area (Å²) in [5, 5.41) is 0. The van der Waals surface area contributed by atoms with E-state index in [1.165, 1.54) is 18.2 Å². The Hall–Kier alpha value is -2.22. The second-order valence-electron chi connectivity index (χ2n) is 3.48. The van der Waals surface area contributed by atoms with Crippen LogP contribution in [-0.4, -0.2) is 11.6 Å². The first-order chi connectivity index (χ1) is 8.08. The molecule has 0 fully saturated rings. The molecule has 0 saturated heterocycles. The number of hydrogen-bond donors (Lipinski definition) is 0. The Morgan fingerprint density at radius 2 is 1.71 bits per heavy atom. The molecule has 0 N–H and O–H groups in total. The van der Waals surface area contributed by atoms with Gasteiger partial charge >= 0.3 is 0 Å². The first kappa shape index (κ1) is 12.8. The molecule has 0 spiro atoms. The molecule has 2 nitrogen and oxygen atoms in total. The van der Waals surface area contributed by atoms with Gasteiger partial charge in [0.1, 0.15) is 0 Å². The quantitative estimate of drug-likeness (QED) is 0.693. The first-order valence-electron chi connectivity index (χ1n) is 5.19. The average Bonchev–Trinajstić information content (AvgIpc) is 2.32. The van der Waals surface area contributed by atoms with Crippen molar-refractivity contribution in [1.82, 2.24) is 0 Å². The van der Waals surface area contributed by atoms with Crippen LogP contribution >= 0.6 is 0 Å². The molecular formula is C15H14O2. The number of hydrogen-bond acceptors (Lipinski definition) is 2. The van der Waals surface area contributed by atoms with Gasteiger partial charge in [0.2, 0.25) is 0 Å². The molecule has 0 saturated carbocycles. The van der Waals surface area contributed by atoms with Gasteiger partial charge in [-0.05, 0) is 6.92 Å². The molecule has 0 radical (unpaired) electrons. The molecule has 0 bridgehead atoms. The Balaban J connectivity index is 3.55. The fraction of sp³-hybridized carbons (Fsp3) is 0.0667. The van der Waals surface area contributed by atoms with Gasteiger partial charge in [0.25, 0.3) is 0 Å². The van der Waals surface area contributed by atoms with E-state index in [0.29, 0.717) is 16.7 Å². The van der Waals surface area contributed by atoms with Crippen molar-refractivity contribution < 1.29 is 9.59 Å². The van der Waals surface area contributed by atoms with E-state index >= 15 is 0 Å². The topological polar surface area (TPSA) is 34.1 Å². The van der Waals surface area contributed by atoms with Crippen LogP contribution < -0.4 is 0 Å². The lowest BCUT2D eigenvalue weighted by atomic mass is 9.82. The summed E-state index contributed by atoms with van der Waals surface area (Å²) in [6.07, 6.45) is 7.69. The zero-order chi connectivity index (χ0) is 13.0. The van der Waals surface area contributed by atoms with Crippen molar-refractivity contribution >= 4 is 11.6 Å². The van der Waals surface area contributed by atoms with Gasteiger partial charge in [0.05, 0.1) is 0 Å². The molecule has 1 aliphatic carbocycles. The molecule has 1 rings (SSSR count). The normalized spacial score (nSPS) is 19.4. The Morgan fingerprint density at radius 1 is 1.06 bits per heavy atom. The fourth-order valence-electron chi connectivity index (χ4n) is 1.64. The number of carbonyl (C=O) groups excluding carboxylic acids is 2. The molecule has 0 aromatic carbocycles. The third-order valence-corrected chi connectivity index (χ3v) is 2.45. The largest absolute Gasteiger partial charge is 0.289 e. The minimum atomic E-state index is -0.263. The average molecular weight is 226 g/mol. The van der Waals surface area contributed by atoms with Gasteiger partial charge in [-0.15, -0.1) is 0 Å². The summed E-state index contributed by atoms with van der Waals surface area (Å²) in [5.74, 6) is -0.483. The summed E-state index contributed by atoms with van der Waals surface area (Å²) >= 11 is 0. The van der Waals surface area contributed by atoms with Crippen LogP contribution in [0.1, 0.15) is 6.92 Å². The maximum atomic E-state index is 12.1. The van der Waals surface area contributed by atoms with Gasteiger partial charge < -0.3 is 0 Å². The van der Waals surface area contributed by atoms with E-state index in [1.54, 1.807) is 19.1 Å². The SMILES string of the molecule is C=C/C=C1\C(=C)C(=O)C(C=C)=C(/C=C\C)C1=O. The molecule has 17 heavy (non-hydrogen) atoms. The molecule has 1 aliphatic rings. The van der Waals surface area contributed by atoms with Crippen molar-refractivity contribution in [2.45, 2.75) is 6.92 Å². The van der Waals surface area contributed by atoms with E-state index in [9.17, 15) is 9.59 Å². The van der Waals surface area contributed by atoms with Gasteiger partial charge in [0, 0.05) is 22.3 Å². The summed E-state index contributed by atoms with van der Waals surface area (Å²) in [6.45, 7) is 12.5. The highest BCUT2D eigenvalue weighted by Gasteiger charge is 2.30. The molecule has 0 aliphatic heterocycles. The van der Waals surface area contributed by atoms with E-state index in [0.717, 1.165) is 0 Å². The highest BCUT2D eigenvalue weighted by atomic mass is 16.1. The molecule has 0 aromatic heterocycles. The molecule has 86 valence electrons. The predicted molar refractivity (Wildman–Crippen MR) is 69.5 cm³/mol. The highest BCUT2D eigenvalue weighted by molar-refractivity contribution is 6.31. The van der Waals surface area contributed by atoms with Gasteiger partial charge in [-0.3, -0.25) is 9.59 Å². The molecule has 0 atom stereocenters. The maximum Gasteiger partial charge on any atom is 0.194 e. The number of Topliss-reactive ketones (excluding diaryl/α,β-unsaturated/α-hetero) is 2. The lowest BCUT2D eigenvalue weighted by Crippen LogP contribution is -2.22. The van der Waals surface area contributed by atoms with Crippen molar-refractivity contribution in [3.05, 3.63) is 72.4 Å². The van der Waals surface area contributed by atoms with Gasteiger partial charge in [0.15, 0.2) is 11.6 Å². The van der Waals surface area contributed by atoms with Crippen LogP contribution in [0.2, 0.25) is 0 Å². The second kappa shape index (κ2) is 5.21. The van der Waals surface area contributed by atoms with Gasteiger partial charge in [-0.2, -0.15) is 0 Å². The van der Waals surface area contributed by atoms with Crippen LogP contribution in [0.3, 0.4) is 0 Å². The molecule has 0 amide bonds. The second-order valence-corrected chi connectivity index (χ2v) is 3.48. The number of carbonyl (C=O) groups is 2. The molecule has 0 heterocycles. The Morgan fingerprint density at radius 3 is 2.18 bits per heavy atom. The van der Waals surface area contributed by atoms with E-state index in [-0.39, 0.29) is 17.1 Å². The zero-order valence-corrected chi connectivity index (χ0v) is 9.82. The van der Waals surface area contributed by atoms with Crippen LogP contribution in [0.15, 0.2) is 72.4 Å². The Bertz CT molecular complexity index is 511. The van der Waals surface area contributed by atoms with E-state index in [2.05, 4.69) is 19.7 Å². The Labute approximate surface area is 101 Å². The first-order valence-corrected chi connectivity index (χ1v) is 5.19. The number of ketones is 2. The highest BCUT2D eigenvalue weighted by Crippen LogP contribution is 2.28. The van der Waals surface area contributed by atoms with Gasteiger partial charge in [-0.25, -0.2) is 0 Å². The predicted octanol–water partition coefficient (Wildman–Crippen LogP) is 2.87. The van der Waals surface area contributed by atoms with Crippen molar-refractivity contribution in [2.24, 2.45) is 0 Å². The van der Waals surface area contributed by atoms with E-state index in [1.807, 2.05) is 0 Å². The lowest BCUT2D eigenvalue weighted by molar-refractivity contribution is -0.116. The maximum absolute atomic E-state index is 12.1. The van der Waals surface area contributed by atoms with Crippen molar-refractivity contribution in [2.75, 3.05) is 0 Å². The van der Waals surface area contributed by atoms with Crippen molar-refractivity contribution in [3.8, 4) is 0 Å². The summed E-state index contributed by atoms with van der Waals surface area (Å²) in [6, 6.07) is 0. The fourth-order valence-corrected chi connectivity index (χ4v) is 1.64. The van der Waals surface area contributed by atoms with Crippen LogP contribution in [0.5, 0.6) is 0 Å². The summed E-state index contributed by atoms with van der Waals surface area (Å²) < 4.78 is 0. The van der Waals surface area contributed by atoms with Crippen LogP contribution in [0.4, 0.5) is 0 Å². The van der Waals surface area contributed by atoms with E-state index < -0.39 is 0 Å². The van der Waals surface area contributed by atoms with Crippen LogP contribution in [0, 0.1) is 0 Å². The molecular weight excluding hydrogens is 212 g/mol. The van der Waals surface area contributed by atoms with Crippen LogP contribution in [-0.2, 0) is 9.59 Å². The number of allylic oxidation sites excluding steroid dienone is 9. The summed E-state index contributed by atoms with van der Waals surface area (Å²) in [5.41, 5.74) is 1.15. The summed E-state index contributed by atoms with van der Waals surface area (Å²) in [4.78, 5) is 24.1.